The lowest BCUT2D eigenvalue weighted by atomic mass is 10.2. The van der Waals surface area contributed by atoms with Crippen molar-refractivity contribution in [2.45, 2.75) is 0 Å². The van der Waals surface area contributed by atoms with Gasteiger partial charge in [0.15, 0.2) is 0 Å². The minimum absolute atomic E-state index is 0.163. The first-order valence-corrected chi connectivity index (χ1v) is 7.23. The van der Waals surface area contributed by atoms with E-state index in [4.69, 9.17) is 0 Å². The molecule has 0 bridgehead atoms. The van der Waals surface area contributed by atoms with Gasteiger partial charge in [0.2, 0.25) is 0 Å². The van der Waals surface area contributed by atoms with Crippen LogP contribution in [0.4, 0.5) is 0 Å². The lowest BCUT2D eigenvalue weighted by Crippen LogP contribution is -2.24. The Labute approximate surface area is 130 Å². The van der Waals surface area contributed by atoms with Crippen LogP contribution >= 0.6 is 22.6 Å². The molecule has 0 aliphatic carbocycles. The highest BCUT2D eigenvalue weighted by atomic mass is 127. The number of carbonyl (C=O) groups excluding carboxylic acids is 1. The predicted octanol–water partition coefficient (Wildman–Crippen LogP) is 3.21. The third-order valence-corrected chi connectivity index (χ3v) is 3.92. The number of nitrogens with one attached hydrogen (secondary N) is 1. The summed E-state index contributed by atoms with van der Waals surface area (Å²) in [4.78, 5) is 16.4. The van der Waals surface area contributed by atoms with Crippen LogP contribution in [-0.2, 0) is 4.79 Å². The molecule has 2 aromatic carbocycles. The van der Waals surface area contributed by atoms with Gasteiger partial charge in [-0.2, -0.15) is 0 Å². The number of aliphatic imine (C=N–C) groups is 1. The Morgan fingerprint density at radius 1 is 1.00 bits per heavy atom. The Bertz CT molecular complexity index is 720. The van der Waals surface area contributed by atoms with Crippen LogP contribution in [0.1, 0.15) is 11.1 Å². The van der Waals surface area contributed by atoms with Crippen molar-refractivity contribution in [3.63, 3.8) is 0 Å². The second kappa shape index (κ2) is 5.58. The topological polar surface area (TPSA) is 41.5 Å². The fourth-order valence-electron chi connectivity index (χ4n) is 1.94. The van der Waals surface area contributed by atoms with Gasteiger partial charge in [-0.15, -0.1) is 0 Å². The van der Waals surface area contributed by atoms with Gasteiger partial charge in [-0.3, -0.25) is 4.79 Å². The summed E-state index contributed by atoms with van der Waals surface area (Å²) in [5.41, 5.74) is 2.34. The molecule has 1 aliphatic heterocycles. The Balaban J connectivity index is 1.97. The van der Waals surface area contributed by atoms with E-state index in [0.29, 0.717) is 11.5 Å². The molecular weight excluding hydrogens is 363 g/mol. The fourth-order valence-corrected chi connectivity index (χ4v) is 2.48. The molecule has 0 fully saturated rings. The molecule has 0 radical (unpaired) electrons. The maximum atomic E-state index is 12.0. The number of amides is 1. The highest BCUT2D eigenvalue weighted by Gasteiger charge is 2.20. The molecule has 0 atom stereocenters. The second-order valence-corrected chi connectivity index (χ2v) is 5.49. The third kappa shape index (κ3) is 2.65. The van der Waals surface area contributed by atoms with E-state index in [1.54, 1.807) is 0 Å². The van der Waals surface area contributed by atoms with Crippen LogP contribution in [0.5, 0.6) is 0 Å². The van der Waals surface area contributed by atoms with Gasteiger partial charge in [0, 0.05) is 9.13 Å². The molecule has 1 amide bonds. The zero-order chi connectivity index (χ0) is 13.9. The van der Waals surface area contributed by atoms with Gasteiger partial charge >= 0.3 is 0 Å². The maximum Gasteiger partial charge on any atom is 0.275 e. The molecule has 2 aromatic rings. The first kappa shape index (κ1) is 13.1. The van der Waals surface area contributed by atoms with Gasteiger partial charge in [0.05, 0.1) is 0 Å². The van der Waals surface area contributed by atoms with Crippen molar-refractivity contribution in [1.29, 1.82) is 0 Å². The second-order valence-electron chi connectivity index (χ2n) is 4.33. The standard InChI is InChI=1S/C16H11IN2O/c17-13-9-5-4-8-12(13)10-14-16(20)19-15(18-14)11-6-2-1-3-7-11/h1-10H,(H,18,19,20). The van der Waals surface area contributed by atoms with Crippen molar-refractivity contribution in [2.75, 3.05) is 0 Å². The van der Waals surface area contributed by atoms with E-state index in [1.807, 2.05) is 60.7 Å². The van der Waals surface area contributed by atoms with Gasteiger partial charge in [-0.1, -0.05) is 48.5 Å². The average molecular weight is 374 g/mol. The highest BCUT2D eigenvalue weighted by molar-refractivity contribution is 14.1. The van der Waals surface area contributed by atoms with Crippen LogP contribution in [0.25, 0.3) is 6.08 Å². The number of halogens is 1. The summed E-state index contributed by atoms with van der Waals surface area (Å²) in [6, 6.07) is 17.5. The van der Waals surface area contributed by atoms with Crippen molar-refractivity contribution < 1.29 is 4.79 Å². The van der Waals surface area contributed by atoms with Crippen molar-refractivity contribution >= 4 is 40.4 Å². The lowest BCUT2D eigenvalue weighted by Gasteiger charge is -1.98. The summed E-state index contributed by atoms with van der Waals surface area (Å²) in [5, 5.41) is 2.80. The zero-order valence-corrected chi connectivity index (χ0v) is 12.7. The van der Waals surface area contributed by atoms with Crippen LogP contribution in [0.15, 0.2) is 65.3 Å². The first-order chi connectivity index (χ1) is 9.74. The van der Waals surface area contributed by atoms with E-state index < -0.39 is 0 Å². The normalized spacial score (nSPS) is 16.1. The number of amidine groups is 1. The lowest BCUT2D eigenvalue weighted by molar-refractivity contribution is -0.115. The Morgan fingerprint density at radius 2 is 1.70 bits per heavy atom. The zero-order valence-electron chi connectivity index (χ0n) is 10.5. The predicted molar refractivity (Wildman–Crippen MR) is 88.3 cm³/mol. The maximum absolute atomic E-state index is 12.0. The molecule has 1 heterocycles. The van der Waals surface area contributed by atoms with Crippen molar-refractivity contribution in [2.24, 2.45) is 4.99 Å². The molecule has 0 saturated carbocycles. The van der Waals surface area contributed by atoms with Crippen molar-refractivity contribution in [3.8, 4) is 0 Å². The van der Waals surface area contributed by atoms with E-state index in [1.165, 1.54) is 0 Å². The molecule has 4 heteroatoms. The number of rotatable bonds is 2. The number of nitrogens with zero attached hydrogens (tertiary/aromatic N) is 1. The summed E-state index contributed by atoms with van der Waals surface area (Å²) in [5.74, 6) is 0.441. The molecule has 98 valence electrons. The Hall–Kier alpha value is -1.95. The van der Waals surface area contributed by atoms with Crippen molar-refractivity contribution in [3.05, 3.63) is 75.0 Å². The molecule has 3 nitrogen and oxygen atoms in total. The van der Waals surface area contributed by atoms with Gasteiger partial charge in [-0.25, -0.2) is 4.99 Å². The smallest absolute Gasteiger partial charge is 0.275 e. The van der Waals surface area contributed by atoms with Crippen LogP contribution in [0.2, 0.25) is 0 Å². The number of benzene rings is 2. The van der Waals surface area contributed by atoms with Crippen LogP contribution < -0.4 is 5.32 Å². The largest absolute Gasteiger partial charge is 0.305 e. The Morgan fingerprint density at radius 3 is 2.45 bits per heavy atom. The monoisotopic (exact) mass is 374 g/mol. The van der Waals surface area contributed by atoms with Gasteiger partial charge < -0.3 is 5.32 Å². The highest BCUT2D eigenvalue weighted by Crippen LogP contribution is 2.18. The minimum atomic E-state index is -0.163. The van der Waals surface area contributed by atoms with Crippen molar-refractivity contribution in [1.82, 2.24) is 5.32 Å². The summed E-state index contributed by atoms with van der Waals surface area (Å²) in [7, 11) is 0. The summed E-state index contributed by atoms with van der Waals surface area (Å²) < 4.78 is 1.09. The Kier molecular flexibility index (Phi) is 3.64. The van der Waals surface area contributed by atoms with E-state index >= 15 is 0 Å². The summed E-state index contributed by atoms with van der Waals surface area (Å²) >= 11 is 2.25. The number of hydrogen-bond acceptors (Lipinski definition) is 2. The fraction of sp³-hybridized carbons (Fsp3) is 0. The molecule has 1 aliphatic rings. The molecule has 0 unspecified atom stereocenters. The van der Waals surface area contributed by atoms with Gasteiger partial charge in [-0.05, 0) is 40.3 Å². The van der Waals surface area contributed by atoms with Gasteiger partial charge in [0.1, 0.15) is 11.5 Å². The molecule has 1 N–H and O–H groups in total. The quantitative estimate of drug-likeness (QED) is 0.637. The molecule has 3 rings (SSSR count). The van der Waals surface area contributed by atoms with E-state index in [2.05, 4.69) is 32.9 Å². The number of hydrogen-bond donors (Lipinski definition) is 1. The van der Waals surface area contributed by atoms with Crippen LogP contribution in [-0.4, -0.2) is 11.7 Å². The van der Waals surface area contributed by atoms with E-state index in [9.17, 15) is 4.79 Å². The average Bonchev–Trinajstić information content (AvgIpc) is 2.84. The van der Waals surface area contributed by atoms with E-state index in [-0.39, 0.29) is 5.91 Å². The summed E-state index contributed by atoms with van der Waals surface area (Å²) in [6.07, 6.45) is 1.81. The SMILES string of the molecule is O=C1NC(c2ccccc2)=NC1=Cc1ccccc1I. The van der Waals surface area contributed by atoms with E-state index in [0.717, 1.165) is 14.7 Å². The minimum Gasteiger partial charge on any atom is -0.305 e. The third-order valence-electron chi connectivity index (χ3n) is 2.94. The summed E-state index contributed by atoms with van der Waals surface area (Å²) in [6.45, 7) is 0. The molecule has 20 heavy (non-hydrogen) atoms. The number of carbonyl (C=O) groups is 1. The molecule has 0 aromatic heterocycles. The molecule has 0 spiro atoms. The molecule has 0 saturated heterocycles. The van der Waals surface area contributed by atoms with Crippen LogP contribution in [0.3, 0.4) is 0 Å². The first-order valence-electron chi connectivity index (χ1n) is 6.16. The van der Waals surface area contributed by atoms with Gasteiger partial charge in [0.25, 0.3) is 5.91 Å². The molecular formula is C16H11IN2O. The van der Waals surface area contributed by atoms with Crippen LogP contribution in [0, 0.1) is 3.57 Å².